The average molecular weight is 251 g/mol. The number of nitrogens with zero attached hydrogens (tertiary/aromatic N) is 1. The Morgan fingerprint density at radius 2 is 2.11 bits per heavy atom. The lowest BCUT2D eigenvalue weighted by atomic mass is 10.0. The molecule has 4 N–H and O–H groups in total. The molecule has 0 aliphatic heterocycles. The Morgan fingerprint density at radius 1 is 1.44 bits per heavy atom. The third kappa shape index (κ3) is 2.70. The minimum absolute atomic E-state index is 0.0300. The quantitative estimate of drug-likeness (QED) is 0.431. The van der Waals surface area contributed by atoms with E-state index in [0.29, 0.717) is 17.9 Å². The molecule has 0 amide bonds. The Morgan fingerprint density at radius 3 is 2.67 bits per heavy atom. The van der Waals surface area contributed by atoms with Gasteiger partial charge in [0.1, 0.15) is 0 Å². The summed E-state index contributed by atoms with van der Waals surface area (Å²) in [5, 5.41) is 23.8. The van der Waals surface area contributed by atoms with E-state index in [-0.39, 0.29) is 5.69 Å². The average Bonchev–Trinajstić information content (AvgIpc) is 2.75. The number of nitro groups is 1. The van der Waals surface area contributed by atoms with Crippen molar-refractivity contribution in [1.82, 2.24) is 0 Å². The molecule has 2 rings (SSSR count). The largest absolute Gasteiger partial charge is 0.397 e. The molecule has 6 nitrogen and oxygen atoms in total. The maximum Gasteiger partial charge on any atom is 0.271 e. The van der Waals surface area contributed by atoms with E-state index in [0.717, 1.165) is 25.7 Å². The number of nitrogens with two attached hydrogens (primary N) is 1. The Balaban J connectivity index is 2.03. The van der Waals surface area contributed by atoms with Crippen LogP contribution in [0.15, 0.2) is 18.2 Å². The first-order valence-corrected chi connectivity index (χ1v) is 6.00. The van der Waals surface area contributed by atoms with Gasteiger partial charge in [-0.15, -0.1) is 0 Å². The van der Waals surface area contributed by atoms with E-state index in [2.05, 4.69) is 5.32 Å². The first-order valence-electron chi connectivity index (χ1n) is 6.00. The smallest absolute Gasteiger partial charge is 0.271 e. The summed E-state index contributed by atoms with van der Waals surface area (Å²) in [6, 6.07) is 4.30. The zero-order valence-electron chi connectivity index (χ0n) is 10.1. The number of nitro benzene ring substituents is 1. The zero-order valence-corrected chi connectivity index (χ0v) is 10.1. The summed E-state index contributed by atoms with van der Waals surface area (Å²) < 4.78 is 0. The van der Waals surface area contributed by atoms with E-state index >= 15 is 0 Å². The van der Waals surface area contributed by atoms with Crippen LogP contribution < -0.4 is 11.1 Å². The number of hydrogen-bond donors (Lipinski definition) is 3. The predicted octanol–water partition coefficient (Wildman–Crippen LogP) is 1.89. The highest BCUT2D eigenvalue weighted by Crippen LogP contribution is 2.31. The van der Waals surface area contributed by atoms with Crippen LogP contribution in [-0.2, 0) is 0 Å². The number of nitrogen functional groups attached to an aromatic ring is 1. The predicted molar refractivity (Wildman–Crippen MR) is 69.4 cm³/mol. The van der Waals surface area contributed by atoms with E-state index in [4.69, 9.17) is 5.73 Å². The lowest BCUT2D eigenvalue weighted by molar-refractivity contribution is -0.384. The van der Waals surface area contributed by atoms with Crippen LogP contribution in [0.3, 0.4) is 0 Å². The molecular formula is C12H17N3O3. The topological polar surface area (TPSA) is 101 Å². The normalized spacial score (nSPS) is 17.6. The van der Waals surface area contributed by atoms with Crippen molar-refractivity contribution in [3.8, 4) is 0 Å². The molecule has 18 heavy (non-hydrogen) atoms. The van der Waals surface area contributed by atoms with Gasteiger partial charge in [0.25, 0.3) is 5.69 Å². The van der Waals surface area contributed by atoms with Crippen molar-refractivity contribution in [3.05, 3.63) is 28.3 Å². The lowest BCUT2D eigenvalue weighted by Gasteiger charge is -2.23. The van der Waals surface area contributed by atoms with E-state index < -0.39 is 10.5 Å². The number of rotatable bonds is 4. The summed E-state index contributed by atoms with van der Waals surface area (Å²) in [5.74, 6) is 0. The second-order valence-electron chi connectivity index (χ2n) is 4.81. The van der Waals surface area contributed by atoms with Gasteiger partial charge in [-0.05, 0) is 18.9 Å². The van der Waals surface area contributed by atoms with Crippen LogP contribution in [0.1, 0.15) is 25.7 Å². The molecule has 0 unspecified atom stereocenters. The fourth-order valence-electron chi connectivity index (χ4n) is 2.29. The van der Waals surface area contributed by atoms with Crippen molar-refractivity contribution in [2.24, 2.45) is 0 Å². The number of aliphatic hydroxyl groups is 1. The molecule has 6 heteroatoms. The highest BCUT2D eigenvalue weighted by atomic mass is 16.6. The molecule has 0 saturated heterocycles. The van der Waals surface area contributed by atoms with Gasteiger partial charge in [0.05, 0.1) is 21.9 Å². The molecule has 1 aliphatic rings. The minimum Gasteiger partial charge on any atom is -0.397 e. The molecule has 1 aromatic carbocycles. The van der Waals surface area contributed by atoms with E-state index in [1.165, 1.54) is 12.1 Å². The summed E-state index contributed by atoms with van der Waals surface area (Å²) in [5.41, 5.74) is 5.99. The van der Waals surface area contributed by atoms with Crippen LogP contribution in [-0.4, -0.2) is 22.2 Å². The fraction of sp³-hybridized carbons (Fsp3) is 0.500. The number of non-ortho nitro benzene ring substituents is 1. The molecule has 1 saturated carbocycles. The molecule has 0 radical (unpaired) electrons. The third-order valence-electron chi connectivity index (χ3n) is 3.39. The maximum absolute atomic E-state index is 10.6. The van der Waals surface area contributed by atoms with Crippen LogP contribution in [0.4, 0.5) is 17.1 Å². The SMILES string of the molecule is Nc1cc([N+](=O)[O-])ccc1NCC1(O)CCCC1. The van der Waals surface area contributed by atoms with Crippen LogP contribution in [0.5, 0.6) is 0 Å². The van der Waals surface area contributed by atoms with E-state index in [9.17, 15) is 15.2 Å². The van der Waals surface area contributed by atoms with Crippen molar-refractivity contribution >= 4 is 17.1 Å². The molecule has 98 valence electrons. The molecule has 1 aliphatic carbocycles. The summed E-state index contributed by atoms with van der Waals surface area (Å²) in [7, 11) is 0. The van der Waals surface area contributed by atoms with Crippen LogP contribution >= 0.6 is 0 Å². The van der Waals surface area contributed by atoms with Crippen molar-refractivity contribution in [2.75, 3.05) is 17.6 Å². The second kappa shape index (κ2) is 4.81. The van der Waals surface area contributed by atoms with Gasteiger partial charge in [-0.25, -0.2) is 0 Å². The lowest BCUT2D eigenvalue weighted by Crippen LogP contribution is -2.33. The Kier molecular flexibility index (Phi) is 3.38. The van der Waals surface area contributed by atoms with Gasteiger partial charge < -0.3 is 16.2 Å². The summed E-state index contributed by atoms with van der Waals surface area (Å²) in [4.78, 5) is 10.1. The molecule has 0 aromatic heterocycles. The number of nitrogens with one attached hydrogen (secondary N) is 1. The second-order valence-corrected chi connectivity index (χ2v) is 4.81. The molecule has 0 bridgehead atoms. The van der Waals surface area contributed by atoms with E-state index in [1.54, 1.807) is 6.07 Å². The molecule has 1 fully saturated rings. The number of anilines is 2. The summed E-state index contributed by atoms with van der Waals surface area (Å²) in [6.07, 6.45) is 3.64. The Bertz CT molecular complexity index is 456. The molecular weight excluding hydrogens is 234 g/mol. The monoisotopic (exact) mass is 251 g/mol. The van der Waals surface area contributed by atoms with Gasteiger partial charge in [-0.2, -0.15) is 0 Å². The van der Waals surface area contributed by atoms with Gasteiger partial charge in [-0.1, -0.05) is 12.8 Å². The third-order valence-corrected chi connectivity index (χ3v) is 3.39. The van der Waals surface area contributed by atoms with Gasteiger partial charge in [0, 0.05) is 18.7 Å². The van der Waals surface area contributed by atoms with Crippen molar-refractivity contribution in [3.63, 3.8) is 0 Å². The van der Waals surface area contributed by atoms with Crippen molar-refractivity contribution < 1.29 is 10.0 Å². The van der Waals surface area contributed by atoms with Crippen LogP contribution in [0, 0.1) is 10.1 Å². The molecule has 0 atom stereocenters. The van der Waals surface area contributed by atoms with Crippen LogP contribution in [0.2, 0.25) is 0 Å². The standard InChI is InChI=1S/C12H17N3O3/c13-10-7-9(15(17)18)3-4-11(10)14-8-12(16)5-1-2-6-12/h3-4,7,14,16H,1-2,5-6,8,13H2. The van der Waals surface area contributed by atoms with Crippen molar-refractivity contribution in [1.29, 1.82) is 0 Å². The van der Waals surface area contributed by atoms with E-state index in [1.807, 2.05) is 0 Å². The molecule has 0 heterocycles. The first-order chi connectivity index (χ1) is 8.50. The molecule has 0 spiro atoms. The number of hydrogen-bond acceptors (Lipinski definition) is 5. The minimum atomic E-state index is -0.672. The highest BCUT2D eigenvalue weighted by Gasteiger charge is 2.30. The molecule has 1 aromatic rings. The zero-order chi connectivity index (χ0) is 13.2. The van der Waals surface area contributed by atoms with Gasteiger partial charge in [0.2, 0.25) is 0 Å². The Labute approximate surface area is 105 Å². The van der Waals surface area contributed by atoms with Gasteiger partial charge in [-0.3, -0.25) is 10.1 Å². The number of benzene rings is 1. The van der Waals surface area contributed by atoms with Gasteiger partial charge in [0.15, 0.2) is 0 Å². The maximum atomic E-state index is 10.6. The Hall–Kier alpha value is -1.82. The van der Waals surface area contributed by atoms with Gasteiger partial charge >= 0.3 is 0 Å². The van der Waals surface area contributed by atoms with Crippen molar-refractivity contribution in [2.45, 2.75) is 31.3 Å². The summed E-state index contributed by atoms with van der Waals surface area (Å²) in [6.45, 7) is 0.426. The first kappa shape index (κ1) is 12.6. The highest BCUT2D eigenvalue weighted by molar-refractivity contribution is 5.69. The fourth-order valence-corrected chi connectivity index (χ4v) is 2.29. The summed E-state index contributed by atoms with van der Waals surface area (Å²) >= 11 is 0. The van der Waals surface area contributed by atoms with Crippen LogP contribution in [0.25, 0.3) is 0 Å².